The van der Waals surface area contributed by atoms with Crippen molar-refractivity contribution in [3.8, 4) is 5.75 Å². The molecule has 0 spiro atoms. The van der Waals surface area contributed by atoms with E-state index in [4.69, 9.17) is 27.5 Å². The molecule has 2 aromatic carbocycles. The Morgan fingerprint density at radius 3 is 2.74 bits per heavy atom. The summed E-state index contributed by atoms with van der Waals surface area (Å²) in [5.74, 6) is 0.771. The van der Waals surface area contributed by atoms with Gasteiger partial charge in [-0.1, -0.05) is 29.8 Å². The van der Waals surface area contributed by atoms with Gasteiger partial charge in [0.05, 0.1) is 4.47 Å². The highest BCUT2D eigenvalue weighted by Gasteiger charge is 2.03. The van der Waals surface area contributed by atoms with Crippen LogP contribution in [0.5, 0.6) is 5.75 Å². The van der Waals surface area contributed by atoms with E-state index >= 15 is 0 Å². The molecule has 0 saturated carbocycles. The molecule has 0 fully saturated rings. The summed E-state index contributed by atoms with van der Waals surface area (Å²) in [6.45, 7) is 0.404. The lowest BCUT2D eigenvalue weighted by molar-refractivity contribution is 0.304. The van der Waals surface area contributed by atoms with Gasteiger partial charge in [0.1, 0.15) is 18.2 Å². The van der Waals surface area contributed by atoms with Crippen LogP contribution in [0.1, 0.15) is 11.1 Å². The Bertz CT molecular complexity index is 616. The summed E-state index contributed by atoms with van der Waals surface area (Å²) in [6.07, 6.45) is 0. The summed E-state index contributed by atoms with van der Waals surface area (Å²) in [7, 11) is 0. The Balaban J connectivity index is 2.10. The number of nitrogen functional groups attached to an aromatic ring is 1. The molecule has 0 aliphatic rings. The predicted molar refractivity (Wildman–Crippen MR) is 80.9 cm³/mol. The maximum absolute atomic E-state index is 7.40. The standard InChI is InChI=1S/C14H12BrClN2O/c15-12-7-11(16)4-5-13(12)19-8-9-2-1-3-10(6-9)14(17)18/h1-7H,8H2,(H3,17,18). The van der Waals surface area contributed by atoms with Crippen LogP contribution in [0.3, 0.4) is 0 Å². The van der Waals surface area contributed by atoms with Crippen LogP contribution in [0.2, 0.25) is 5.02 Å². The number of halogens is 2. The fraction of sp³-hybridized carbons (Fsp3) is 0.0714. The van der Waals surface area contributed by atoms with E-state index in [1.54, 1.807) is 24.3 Å². The first-order valence-corrected chi connectivity index (χ1v) is 6.74. The molecule has 2 aromatic rings. The monoisotopic (exact) mass is 338 g/mol. The molecular weight excluding hydrogens is 328 g/mol. The first kappa shape index (κ1) is 13.9. The fourth-order valence-corrected chi connectivity index (χ4v) is 2.38. The molecule has 2 rings (SSSR count). The molecule has 98 valence electrons. The van der Waals surface area contributed by atoms with Gasteiger partial charge in [-0.2, -0.15) is 0 Å². The average Bonchev–Trinajstić information content (AvgIpc) is 2.38. The largest absolute Gasteiger partial charge is 0.488 e. The van der Waals surface area contributed by atoms with Crippen LogP contribution in [-0.4, -0.2) is 5.84 Å². The quantitative estimate of drug-likeness (QED) is 0.654. The molecule has 3 nitrogen and oxygen atoms in total. The van der Waals surface area contributed by atoms with Gasteiger partial charge in [0.2, 0.25) is 0 Å². The smallest absolute Gasteiger partial charge is 0.134 e. The van der Waals surface area contributed by atoms with Crippen LogP contribution in [0, 0.1) is 5.41 Å². The topological polar surface area (TPSA) is 59.1 Å². The molecule has 0 aliphatic heterocycles. The number of nitrogens with one attached hydrogen (secondary N) is 1. The molecule has 3 N–H and O–H groups in total. The SMILES string of the molecule is N=C(N)c1cccc(COc2ccc(Cl)cc2Br)c1. The van der Waals surface area contributed by atoms with Crippen molar-refractivity contribution in [2.75, 3.05) is 0 Å². The van der Waals surface area contributed by atoms with Crippen molar-refractivity contribution >= 4 is 33.4 Å². The maximum atomic E-state index is 7.40. The van der Waals surface area contributed by atoms with Crippen LogP contribution in [0.25, 0.3) is 0 Å². The van der Waals surface area contributed by atoms with E-state index < -0.39 is 0 Å². The van der Waals surface area contributed by atoms with Gasteiger partial charge in [0.15, 0.2) is 0 Å². The summed E-state index contributed by atoms with van der Waals surface area (Å²) >= 11 is 9.26. The van der Waals surface area contributed by atoms with Crippen LogP contribution in [0.4, 0.5) is 0 Å². The van der Waals surface area contributed by atoms with E-state index in [-0.39, 0.29) is 5.84 Å². The van der Waals surface area contributed by atoms with Crippen molar-refractivity contribution in [1.82, 2.24) is 0 Å². The van der Waals surface area contributed by atoms with Crippen molar-refractivity contribution < 1.29 is 4.74 Å². The minimum absolute atomic E-state index is 0.0505. The Morgan fingerprint density at radius 1 is 1.26 bits per heavy atom. The molecule has 0 atom stereocenters. The van der Waals surface area contributed by atoms with Gasteiger partial charge in [-0.15, -0.1) is 0 Å². The number of benzene rings is 2. The zero-order valence-corrected chi connectivity index (χ0v) is 12.3. The second-order valence-electron chi connectivity index (χ2n) is 3.98. The highest BCUT2D eigenvalue weighted by molar-refractivity contribution is 9.10. The molecule has 0 radical (unpaired) electrons. The molecule has 0 saturated heterocycles. The van der Waals surface area contributed by atoms with E-state index in [2.05, 4.69) is 15.9 Å². The lowest BCUT2D eigenvalue weighted by Crippen LogP contribution is -2.11. The summed E-state index contributed by atoms with van der Waals surface area (Å²) in [5.41, 5.74) is 7.10. The summed E-state index contributed by atoms with van der Waals surface area (Å²) in [5, 5.41) is 8.05. The second-order valence-corrected chi connectivity index (χ2v) is 5.27. The number of rotatable bonds is 4. The van der Waals surface area contributed by atoms with E-state index in [1.807, 2.05) is 18.2 Å². The maximum Gasteiger partial charge on any atom is 0.134 e. The van der Waals surface area contributed by atoms with Gasteiger partial charge >= 0.3 is 0 Å². The van der Waals surface area contributed by atoms with Crippen molar-refractivity contribution in [2.45, 2.75) is 6.61 Å². The zero-order chi connectivity index (χ0) is 13.8. The minimum Gasteiger partial charge on any atom is -0.488 e. The molecule has 0 unspecified atom stereocenters. The number of ether oxygens (including phenoxy) is 1. The highest BCUT2D eigenvalue weighted by Crippen LogP contribution is 2.28. The summed E-state index contributed by atoms with van der Waals surface area (Å²) in [4.78, 5) is 0. The molecule has 0 aliphatic carbocycles. The van der Waals surface area contributed by atoms with Crippen LogP contribution in [0.15, 0.2) is 46.9 Å². The lowest BCUT2D eigenvalue weighted by Gasteiger charge is -2.09. The highest BCUT2D eigenvalue weighted by atomic mass is 79.9. The molecule has 0 heterocycles. The van der Waals surface area contributed by atoms with Crippen LogP contribution >= 0.6 is 27.5 Å². The number of amidine groups is 1. The Hall–Kier alpha value is -1.52. The Labute approximate surface area is 125 Å². The third kappa shape index (κ3) is 3.72. The molecule has 5 heteroatoms. The second kappa shape index (κ2) is 6.08. The van der Waals surface area contributed by atoms with Gasteiger partial charge in [-0.05, 0) is 45.8 Å². The summed E-state index contributed by atoms with van der Waals surface area (Å²) < 4.78 is 6.50. The number of hydrogen-bond acceptors (Lipinski definition) is 2. The van der Waals surface area contributed by atoms with Crippen molar-refractivity contribution in [3.63, 3.8) is 0 Å². The van der Waals surface area contributed by atoms with Crippen LogP contribution < -0.4 is 10.5 Å². The number of nitrogens with two attached hydrogens (primary N) is 1. The van der Waals surface area contributed by atoms with Crippen molar-refractivity contribution in [1.29, 1.82) is 5.41 Å². The van der Waals surface area contributed by atoms with Gasteiger partial charge in [0.25, 0.3) is 0 Å². The molecule has 0 aromatic heterocycles. The lowest BCUT2D eigenvalue weighted by atomic mass is 10.1. The Kier molecular flexibility index (Phi) is 4.45. The van der Waals surface area contributed by atoms with Gasteiger partial charge < -0.3 is 10.5 Å². The van der Waals surface area contributed by atoms with Gasteiger partial charge in [0, 0.05) is 10.6 Å². The van der Waals surface area contributed by atoms with Gasteiger partial charge in [-0.25, -0.2) is 0 Å². The molecule has 0 amide bonds. The molecule has 0 bridgehead atoms. The van der Waals surface area contributed by atoms with Gasteiger partial charge in [-0.3, -0.25) is 5.41 Å². The predicted octanol–water partition coefficient (Wildman–Crippen LogP) is 3.97. The molecular formula is C14H12BrClN2O. The van der Waals surface area contributed by atoms with E-state index in [9.17, 15) is 0 Å². The van der Waals surface area contributed by atoms with Crippen LogP contribution in [-0.2, 0) is 6.61 Å². The normalized spacial score (nSPS) is 10.2. The van der Waals surface area contributed by atoms with Crippen molar-refractivity contribution in [3.05, 3.63) is 63.1 Å². The zero-order valence-electron chi connectivity index (χ0n) is 9.99. The Morgan fingerprint density at radius 2 is 2.05 bits per heavy atom. The third-order valence-corrected chi connectivity index (χ3v) is 3.38. The molecule has 19 heavy (non-hydrogen) atoms. The van der Waals surface area contributed by atoms with E-state index in [0.717, 1.165) is 15.8 Å². The first-order chi connectivity index (χ1) is 9.06. The average molecular weight is 340 g/mol. The third-order valence-electron chi connectivity index (χ3n) is 2.53. The summed E-state index contributed by atoms with van der Waals surface area (Å²) in [6, 6.07) is 12.8. The minimum atomic E-state index is 0.0505. The van der Waals surface area contributed by atoms with E-state index in [0.29, 0.717) is 17.2 Å². The first-order valence-electron chi connectivity index (χ1n) is 5.57. The fourth-order valence-electron chi connectivity index (χ4n) is 1.58. The number of hydrogen-bond donors (Lipinski definition) is 2. The van der Waals surface area contributed by atoms with E-state index in [1.165, 1.54) is 0 Å². The van der Waals surface area contributed by atoms with Crippen molar-refractivity contribution in [2.24, 2.45) is 5.73 Å².